The summed E-state index contributed by atoms with van der Waals surface area (Å²) < 4.78 is 12.4. The van der Waals surface area contributed by atoms with Crippen LogP contribution < -0.4 is 4.87 Å². The van der Waals surface area contributed by atoms with Gasteiger partial charge in [-0.15, -0.1) is 0 Å². The van der Waals surface area contributed by atoms with E-state index in [1.165, 1.54) is 0 Å². The van der Waals surface area contributed by atoms with Crippen LogP contribution in [0.25, 0.3) is 0 Å². The van der Waals surface area contributed by atoms with Crippen molar-refractivity contribution in [1.82, 2.24) is 4.57 Å². The molecule has 0 unspecified atom stereocenters. The lowest BCUT2D eigenvalue weighted by molar-refractivity contribution is -0.152. The van der Waals surface area contributed by atoms with Crippen molar-refractivity contribution >= 4 is 17.3 Å². The van der Waals surface area contributed by atoms with Gasteiger partial charge in [-0.1, -0.05) is 11.3 Å². The maximum Gasteiger partial charge on any atom is 0.307 e. The fourth-order valence-corrected chi connectivity index (χ4v) is 3.31. The molecule has 1 aliphatic rings. The van der Waals surface area contributed by atoms with E-state index < -0.39 is 0 Å². The second-order valence-electron chi connectivity index (χ2n) is 5.18. The highest BCUT2D eigenvalue weighted by atomic mass is 32.1. The maximum atomic E-state index is 11.8. The quantitative estimate of drug-likeness (QED) is 0.781. The minimum atomic E-state index is -0.232. The van der Waals surface area contributed by atoms with E-state index in [1.807, 2.05) is 6.92 Å². The number of thiazole rings is 1. The summed E-state index contributed by atoms with van der Waals surface area (Å²) in [6, 6.07) is 0. The standard InChI is InChI=1S/C14H21NO4S/c1-10-9-20-14(17)15(10)7-6-13(16)19-12-5-3-4-11(8-12)18-2/h9,11-12H,3-8H2,1-2H3/t11-,12+/m0/s1. The van der Waals surface area contributed by atoms with Crippen LogP contribution in [0.2, 0.25) is 0 Å². The summed E-state index contributed by atoms with van der Waals surface area (Å²) in [7, 11) is 1.70. The first-order valence-electron chi connectivity index (χ1n) is 6.97. The Labute approximate surface area is 122 Å². The Bertz CT molecular complexity index is 508. The molecule has 0 amide bonds. The summed E-state index contributed by atoms with van der Waals surface area (Å²) >= 11 is 1.16. The van der Waals surface area contributed by atoms with Crippen molar-refractivity contribution in [3.05, 3.63) is 20.7 Å². The fourth-order valence-electron chi connectivity index (χ4n) is 2.55. The Kier molecular flexibility index (Phi) is 5.37. The van der Waals surface area contributed by atoms with Crippen molar-refractivity contribution in [3.63, 3.8) is 0 Å². The Morgan fingerprint density at radius 1 is 1.45 bits per heavy atom. The predicted octanol–water partition coefficient (Wildman–Crippen LogP) is 2.11. The molecule has 0 aromatic carbocycles. The van der Waals surface area contributed by atoms with E-state index in [-0.39, 0.29) is 29.5 Å². The first kappa shape index (κ1) is 15.3. The average Bonchev–Trinajstić information content (AvgIpc) is 2.76. The molecule has 5 nitrogen and oxygen atoms in total. The molecule has 2 atom stereocenters. The van der Waals surface area contributed by atoms with Crippen molar-refractivity contribution in [1.29, 1.82) is 0 Å². The number of nitrogens with zero attached hydrogens (tertiary/aromatic N) is 1. The highest BCUT2D eigenvalue weighted by Gasteiger charge is 2.24. The summed E-state index contributed by atoms with van der Waals surface area (Å²) in [4.78, 5) is 23.4. The summed E-state index contributed by atoms with van der Waals surface area (Å²) in [6.45, 7) is 2.26. The van der Waals surface area contributed by atoms with Crippen molar-refractivity contribution in [3.8, 4) is 0 Å². The lowest BCUT2D eigenvalue weighted by Gasteiger charge is -2.27. The number of aromatic nitrogens is 1. The topological polar surface area (TPSA) is 57.5 Å². The van der Waals surface area contributed by atoms with Gasteiger partial charge in [0.05, 0.1) is 12.5 Å². The molecular weight excluding hydrogens is 278 g/mol. The van der Waals surface area contributed by atoms with Gasteiger partial charge in [0.25, 0.3) is 0 Å². The molecule has 1 aromatic heterocycles. The molecule has 1 heterocycles. The van der Waals surface area contributed by atoms with Crippen LogP contribution in [0.1, 0.15) is 37.8 Å². The predicted molar refractivity (Wildman–Crippen MR) is 77.1 cm³/mol. The van der Waals surface area contributed by atoms with Crippen molar-refractivity contribution in [2.24, 2.45) is 0 Å². The Morgan fingerprint density at radius 2 is 2.20 bits per heavy atom. The van der Waals surface area contributed by atoms with E-state index in [4.69, 9.17) is 9.47 Å². The SMILES string of the molecule is CO[C@H]1CCC[C@@H](OC(=O)CCn2c(C)csc2=O)C1. The number of carbonyl (C=O) groups is 1. The zero-order chi connectivity index (χ0) is 14.5. The second-order valence-corrected chi connectivity index (χ2v) is 6.00. The van der Waals surface area contributed by atoms with Gasteiger partial charge in [0, 0.05) is 31.1 Å². The molecule has 0 spiro atoms. The molecule has 0 saturated heterocycles. The largest absolute Gasteiger partial charge is 0.462 e. The highest BCUT2D eigenvalue weighted by Crippen LogP contribution is 2.23. The number of hydrogen-bond acceptors (Lipinski definition) is 5. The van der Waals surface area contributed by atoms with E-state index in [2.05, 4.69) is 0 Å². The van der Waals surface area contributed by atoms with Gasteiger partial charge in [0.2, 0.25) is 0 Å². The van der Waals surface area contributed by atoms with E-state index in [1.54, 1.807) is 17.1 Å². The van der Waals surface area contributed by atoms with Crippen LogP contribution in [0.4, 0.5) is 0 Å². The summed E-state index contributed by atoms with van der Waals surface area (Å²) in [5.74, 6) is -0.232. The molecule has 1 fully saturated rings. The molecule has 1 aliphatic carbocycles. The van der Waals surface area contributed by atoms with Crippen LogP contribution >= 0.6 is 11.3 Å². The van der Waals surface area contributed by atoms with Gasteiger partial charge in [0.1, 0.15) is 6.10 Å². The zero-order valence-electron chi connectivity index (χ0n) is 12.0. The monoisotopic (exact) mass is 299 g/mol. The minimum absolute atomic E-state index is 0.0209. The molecule has 2 rings (SSSR count). The summed E-state index contributed by atoms with van der Waals surface area (Å²) in [6.07, 6.45) is 4.15. The Hall–Kier alpha value is -1.14. The lowest BCUT2D eigenvalue weighted by Crippen LogP contribution is -2.30. The van der Waals surface area contributed by atoms with Crippen LogP contribution in [-0.2, 0) is 20.8 Å². The molecule has 0 aliphatic heterocycles. The van der Waals surface area contributed by atoms with Crippen LogP contribution in [0, 0.1) is 6.92 Å². The molecular formula is C14H21NO4S. The van der Waals surface area contributed by atoms with Gasteiger partial charge in [-0.05, 0) is 26.2 Å². The number of rotatable bonds is 5. The number of carbonyl (C=O) groups excluding carboxylic acids is 1. The third-order valence-electron chi connectivity index (χ3n) is 3.73. The van der Waals surface area contributed by atoms with Crippen molar-refractivity contribution in [2.75, 3.05) is 7.11 Å². The molecule has 112 valence electrons. The number of esters is 1. The highest BCUT2D eigenvalue weighted by molar-refractivity contribution is 7.07. The summed E-state index contributed by atoms with van der Waals surface area (Å²) in [5.41, 5.74) is 0.893. The van der Waals surface area contributed by atoms with Crippen LogP contribution in [-0.4, -0.2) is 29.9 Å². The first-order chi connectivity index (χ1) is 9.60. The van der Waals surface area contributed by atoms with Crippen molar-refractivity contribution < 1.29 is 14.3 Å². The minimum Gasteiger partial charge on any atom is -0.462 e. The number of hydrogen-bond donors (Lipinski definition) is 0. The van der Waals surface area contributed by atoms with Crippen LogP contribution in [0.15, 0.2) is 10.2 Å². The molecule has 0 N–H and O–H groups in total. The fraction of sp³-hybridized carbons (Fsp3) is 0.714. The smallest absolute Gasteiger partial charge is 0.307 e. The molecule has 0 radical (unpaired) electrons. The Morgan fingerprint density at radius 3 is 2.85 bits per heavy atom. The molecule has 1 saturated carbocycles. The van der Waals surface area contributed by atoms with E-state index in [0.717, 1.165) is 42.7 Å². The van der Waals surface area contributed by atoms with Gasteiger partial charge >= 0.3 is 10.8 Å². The normalized spacial score (nSPS) is 22.7. The van der Waals surface area contributed by atoms with Crippen LogP contribution in [0.3, 0.4) is 0 Å². The van der Waals surface area contributed by atoms with E-state index in [9.17, 15) is 9.59 Å². The second kappa shape index (κ2) is 7.04. The summed E-state index contributed by atoms with van der Waals surface area (Å²) in [5, 5.41) is 1.80. The molecule has 6 heteroatoms. The number of aryl methyl sites for hydroxylation is 1. The van der Waals surface area contributed by atoms with E-state index in [0.29, 0.717) is 6.54 Å². The zero-order valence-corrected chi connectivity index (χ0v) is 12.8. The third-order valence-corrected chi connectivity index (χ3v) is 4.61. The lowest BCUT2D eigenvalue weighted by atomic mass is 9.95. The number of ether oxygens (including phenoxy) is 2. The van der Waals surface area contributed by atoms with Crippen molar-refractivity contribution in [2.45, 2.75) is 57.8 Å². The van der Waals surface area contributed by atoms with Gasteiger partial charge in [-0.2, -0.15) is 0 Å². The third kappa shape index (κ3) is 3.93. The molecule has 0 bridgehead atoms. The van der Waals surface area contributed by atoms with Gasteiger partial charge in [-0.25, -0.2) is 0 Å². The van der Waals surface area contributed by atoms with Gasteiger partial charge in [0.15, 0.2) is 0 Å². The molecule has 20 heavy (non-hydrogen) atoms. The first-order valence-corrected chi connectivity index (χ1v) is 7.85. The number of methoxy groups -OCH3 is 1. The van der Waals surface area contributed by atoms with Gasteiger partial charge in [-0.3, -0.25) is 9.59 Å². The van der Waals surface area contributed by atoms with Crippen LogP contribution in [0.5, 0.6) is 0 Å². The Balaban J connectivity index is 1.79. The maximum absolute atomic E-state index is 11.8. The average molecular weight is 299 g/mol. The van der Waals surface area contributed by atoms with Gasteiger partial charge < -0.3 is 14.0 Å². The molecule has 1 aromatic rings. The van der Waals surface area contributed by atoms with E-state index >= 15 is 0 Å².